The van der Waals surface area contributed by atoms with E-state index in [0.717, 1.165) is 28.1 Å². The Labute approximate surface area is 164 Å². The largest absolute Gasteiger partial charge is 0.497 e. The molecule has 0 aromatic heterocycles. The van der Waals surface area contributed by atoms with E-state index < -0.39 is 0 Å². The summed E-state index contributed by atoms with van der Waals surface area (Å²) in [6.07, 6.45) is 1.82. The molecule has 1 aliphatic heterocycles. The normalized spacial score (nSPS) is 15.1. The lowest BCUT2D eigenvalue weighted by molar-refractivity contribution is -0.113. The molecule has 1 aliphatic rings. The van der Waals surface area contributed by atoms with Crippen molar-refractivity contribution in [3.8, 4) is 5.75 Å². The van der Waals surface area contributed by atoms with Gasteiger partial charge in [-0.05, 0) is 42.8 Å². The molecule has 4 nitrogen and oxygen atoms in total. The van der Waals surface area contributed by atoms with Gasteiger partial charge in [-0.25, -0.2) is 4.99 Å². The van der Waals surface area contributed by atoms with Crippen LogP contribution in [0, 0.1) is 6.92 Å². The lowest BCUT2D eigenvalue weighted by Crippen LogP contribution is -2.32. The molecule has 4 rings (SSSR count). The number of amidine groups is 1. The predicted molar refractivity (Wildman–Crippen MR) is 113 cm³/mol. The van der Waals surface area contributed by atoms with Crippen LogP contribution in [0.4, 0.5) is 5.69 Å². The number of methoxy groups -OCH3 is 1. The lowest BCUT2D eigenvalue weighted by atomic mass is 10.1. The van der Waals surface area contributed by atoms with Crippen molar-refractivity contribution in [2.45, 2.75) is 6.92 Å². The van der Waals surface area contributed by atoms with Gasteiger partial charge in [0.05, 0.1) is 12.8 Å². The zero-order valence-electron chi connectivity index (χ0n) is 15.8. The molecule has 3 aromatic carbocycles. The molecule has 1 heterocycles. The first-order chi connectivity index (χ1) is 13.7. The van der Waals surface area contributed by atoms with Gasteiger partial charge in [0, 0.05) is 5.56 Å². The van der Waals surface area contributed by atoms with Crippen molar-refractivity contribution in [2.24, 2.45) is 4.99 Å². The summed E-state index contributed by atoms with van der Waals surface area (Å²) in [5, 5.41) is 0. The summed E-state index contributed by atoms with van der Waals surface area (Å²) in [6.45, 7) is 2.04. The summed E-state index contributed by atoms with van der Waals surface area (Å²) in [4.78, 5) is 19.6. The monoisotopic (exact) mass is 368 g/mol. The number of hydrogen-bond acceptors (Lipinski definition) is 3. The number of rotatable bonds is 4. The second-order valence-electron chi connectivity index (χ2n) is 6.58. The van der Waals surface area contributed by atoms with E-state index >= 15 is 0 Å². The van der Waals surface area contributed by atoms with Crippen molar-refractivity contribution < 1.29 is 9.53 Å². The average molecular weight is 368 g/mol. The van der Waals surface area contributed by atoms with Crippen LogP contribution in [0.25, 0.3) is 6.08 Å². The Bertz CT molecular complexity index is 1050. The van der Waals surface area contributed by atoms with Crippen molar-refractivity contribution >= 4 is 23.5 Å². The fourth-order valence-electron chi connectivity index (χ4n) is 3.09. The lowest BCUT2D eigenvalue weighted by Gasteiger charge is -2.19. The summed E-state index contributed by atoms with van der Waals surface area (Å²) >= 11 is 0. The number of carbonyl (C=O) groups is 1. The first-order valence-electron chi connectivity index (χ1n) is 9.07. The minimum Gasteiger partial charge on any atom is -0.497 e. The third kappa shape index (κ3) is 3.45. The van der Waals surface area contributed by atoms with E-state index in [-0.39, 0.29) is 5.91 Å². The number of nitrogens with zero attached hydrogens (tertiary/aromatic N) is 2. The molecule has 28 heavy (non-hydrogen) atoms. The van der Waals surface area contributed by atoms with Crippen molar-refractivity contribution in [3.05, 3.63) is 101 Å². The van der Waals surface area contributed by atoms with E-state index in [0.29, 0.717) is 11.5 Å². The SMILES string of the molecule is COc1ccc(N2C(=O)/C(=C\c3ccccc3)N=C2c2ccc(C)cc2)cc1. The summed E-state index contributed by atoms with van der Waals surface area (Å²) in [6, 6.07) is 25.2. The number of benzene rings is 3. The van der Waals surface area contributed by atoms with Crippen LogP contribution in [-0.4, -0.2) is 18.9 Å². The van der Waals surface area contributed by atoms with Crippen LogP contribution in [0.1, 0.15) is 16.7 Å². The molecule has 4 heteroatoms. The molecule has 0 aliphatic carbocycles. The molecule has 0 bridgehead atoms. The van der Waals surface area contributed by atoms with Crippen LogP contribution in [0.5, 0.6) is 5.75 Å². The Hall–Kier alpha value is -3.66. The Morgan fingerprint density at radius 1 is 0.893 bits per heavy atom. The molecule has 0 saturated heterocycles. The third-order valence-electron chi connectivity index (χ3n) is 4.60. The molecule has 0 unspecified atom stereocenters. The molecule has 0 fully saturated rings. The van der Waals surface area contributed by atoms with Gasteiger partial charge < -0.3 is 4.74 Å². The molecule has 138 valence electrons. The van der Waals surface area contributed by atoms with Crippen molar-refractivity contribution in [3.63, 3.8) is 0 Å². The van der Waals surface area contributed by atoms with Crippen molar-refractivity contribution in [1.82, 2.24) is 0 Å². The Balaban J connectivity index is 1.80. The second-order valence-corrected chi connectivity index (χ2v) is 6.58. The van der Waals surface area contributed by atoms with Gasteiger partial charge in [0.25, 0.3) is 5.91 Å². The first kappa shape index (κ1) is 17.7. The number of aliphatic imine (C=N–C) groups is 1. The first-order valence-corrected chi connectivity index (χ1v) is 9.07. The van der Waals surface area contributed by atoms with Crippen LogP contribution in [0.2, 0.25) is 0 Å². The molecule has 0 atom stereocenters. The highest BCUT2D eigenvalue weighted by molar-refractivity contribution is 6.33. The number of carbonyl (C=O) groups excluding carboxylic acids is 1. The summed E-state index contributed by atoms with van der Waals surface area (Å²) in [7, 11) is 1.62. The quantitative estimate of drug-likeness (QED) is 0.619. The van der Waals surface area contributed by atoms with Gasteiger partial charge in [0.1, 0.15) is 17.3 Å². The highest BCUT2D eigenvalue weighted by Gasteiger charge is 2.32. The molecule has 0 radical (unpaired) electrons. The topological polar surface area (TPSA) is 41.9 Å². The number of ether oxygens (including phenoxy) is 1. The molecule has 1 amide bonds. The molecule has 0 saturated carbocycles. The number of anilines is 1. The van der Waals surface area contributed by atoms with E-state index in [1.165, 1.54) is 0 Å². The zero-order chi connectivity index (χ0) is 19.5. The second kappa shape index (κ2) is 7.53. The van der Waals surface area contributed by atoms with Crippen LogP contribution >= 0.6 is 0 Å². The molecular formula is C24H20N2O2. The standard InChI is InChI=1S/C24H20N2O2/c1-17-8-10-19(11-9-17)23-25-22(16-18-6-4-3-5-7-18)24(27)26(23)20-12-14-21(28-2)15-13-20/h3-16H,1-2H3/b22-16+. The van der Waals surface area contributed by atoms with Crippen LogP contribution in [-0.2, 0) is 4.79 Å². The maximum absolute atomic E-state index is 13.2. The maximum atomic E-state index is 13.2. The summed E-state index contributed by atoms with van der Waals surface area (Å²) < 4.78 is 5.24. The van der Waals surface area contributed by atoms with Gasteiger partial charge in [-0.2, -0.15) is 0 Å². The average Bonchev–Trinajstić information content (AvgIpc) is 3.05. The third-order valence-corrected chi connectivity index (χ3v) is 4.60. The maximum Gasteiger partial charge on any atom is 0.282 e. The molecule has 3 aromatic rings. The van der Waals surface area contributed by atoms with Gasteiger partial charge in [0.2, 0.25) is 0 Å². The fourth-order valence-corrected chi connectivity index (χ4v) is 3.09. The molecule has 0 spiro atoms. The number of amides is 1. The van der Waals surface area contributed by atoms with E-state index in [4.69, 9.17) is 4.74 Å². The van der Waals surface area contributed by atoms with E-state index in [2.05, 4.69) is 4.99 Å². The highest BCUT2D eigenvalue weighted by Crippen LogP contribution is 2.29. The van der Waals surface area contributed by atoms with Gasteiger partial charge in [-0.1, -0.05) is 60.2 Å². The van der Waals surface area contributed by atoms with Crippen molar-refractivity contribution in [1.29, 1.82) is 0 Å². The van der Waals surface area contributed by atoms with Gasteiger partial charge in [-0.15, -0.1) is 0 Å². The fraction of sp³-hybridized carbons (Fsp3) is 0.0833. The van der Waals surface area contributed by atoms with E-state index in [1.54, 1.807) is 12.0 Å². The molecular weight excluding hydrogens is 348 g/mol. The van der Waals surface area contributed by atoms with Gasteiger partial charge in [0.15, 0.2) is 0 Å². The number of aryl methyl sites for hydroxylation is 1. The molecule has 0 N–H and O–H groups in total. The Morgan fingerprint density at radius 2 is 1.57 bits per heavy atom. The van der Waals surface area contributed by atoms with Crippen LogP contribution < -0.4 is 9.64 Å². The van der Waals surface area contributed by atoms with Gasteiger partial charge >= 0.3 is 0 Å². The number of hydrogen-bond donors (Lipinski definition) is 0. The highest BCUT2D eigenvalue weighted by atomic mass is 16.5. The Kier molecular flexibility index (Phi) is 4.77. The Morgan fingerprint density at radius 3 is 2.21 bits per heavy atom. The minimum atomic E-state index is -0.149. The van der Waals surface area contributed by atoms with Crippen LogP contribution in [0.3, 0.4) is 0 Å². The van der Waals surface area contributed by atoms with Crippen molar-refractivity contribution in [2.75, 3.05) is 12.0 Å². The summed E-state index contributed by atoms with van der Waals surface area (Å²) in [5.41, 5.74) is 4.16. The smallest absolute Gasteiger partial charge is 0.282 e. The predicted octanol–water partition coefficient (Wildman–Crippen LogP) is 4.84. The van der Waals surface area contributed by atoms with Gasteiger partial charge in [-0.3, -0.25) is 9.69 Å². The van der Waals surface area contributed by atoms with E-state index in [9.17, 15) is 4.79 Å². The van der Waals surface area contributed by atoms with Crippen LogP contribution in [0.15, 0.2) is 89.6 Å². The van der Waals surface area contributed by atoms with E-state index in [1.807, 2.05) is 91.9 Å². The minimum absolute atomic E-state index is 0.149. The zero-order valence-corrected chi connectivity index (χ0v) is 15.8. The summed E-state index contributed by atoms with van der Waals surface area (Å²) in [5.74, 6) is 1.21.